The summed E-state index contributed by atoms with van der Waals surface area (Å²) in [6, 6.07) is 12.8. The van der Waals surface area contributed by atoms with Crippen molar-refractivity contribution < 1.29 is 30.0 Å². The van der Waals surface area contributed by atoms with Crippen LogP contribution in [-0.2, 0) is 24.9 Å². The number of aromatic nitrogens is 1. The Morgan fingerprint density at radius 2 is 1.51 bits per heavy atom. The van der Waals surface area contributed by atoms with Crippen LogP contribution in [-0.4, -0.2) is 23.9 Å². The van der Waals surface area contributed by atoms with E-state index in [1.807, 2.05) is 45.2 Å². The number of hydrogen-bond donors (Lipinski definition) is 1. The third kappa shape index (κ3) is 9.03. The summed E-state index contributed by atoms with van der Waals surface area (Å²) in [5, 5.41) is 13.6. The Morgan fingerprint density at radius 1 is 0.933 bits per heavy atom. The van der Waals surface area contributed by atoms with Gasteiger partial charge < -0.3 is 5.11 Å². The zero-order chi connectivity index (χ0) is 32.9. The summed E-state index contributed by atoms with van der Waals surface area (Å²) in [6.07, 6.45) is 6.88. The Bertz CT molecular complexity index is 1640. The number of thiophene rings is 1. The first-order chi connectivity index (χ1) is 20.7. The Balaban J connectivity index is 0.000000378. The zero-order valence-electron chi connectivity index (χ0n) is 29.6. The van der Waals surface area contributed by atoms with Crippen LogP contribution in [0, 0.1) is 38.7 Å². The maximum absolute atomic E-state index is 11.7. The second-order valence-electron chi connectivity index (χ2n) is 13.6. The second-order valence-corrected chi connectivity index (χ2v) is 20.0. The minimum Gasteiger partial charge on any atom is -0.512 e. The Kier molecular flexibility index (Phi) is 14.4. The molecular weight excluding hydrogens is 767 g/mol. The molecular formula is C39H54IrNO2SSi-. The quantitative estimate of drug-likeness (QED) is 0.0750. The van der Waals surface area contributed by atoms with Gasteiger partial charge in [-0.05, 0) is 73.9 Å². The average Bonchev–Trinajstić information content (AvgIpc) is 3.32. The number of pyridine rings is 1. The number of hydrogen-bond acceptors (Lipinski definition) is 4. The van der Waals surface area contributed by atoms with Crippen molar-refractivity contribution in [3.8, 4) is 11.3 Å². The molecule has 0 saturated heterocycles. The van der Waals surface area contributed by atoms with E-state index >= 15 is 0 Å². The van der Waals surface area contributed by atoms with E-state index in [0.29, 0.717) is 5.92 Å². The fourth-order valence-electron chi connectivity index (χ4n) is 6.01. The topological polar surface area (TPSA) is 50.2 Å². The van der Waals surface area contributed by atoms with Crippen molar-refractivity contribution in [2.24, 2.45) is 11.8 Å². The van der Waals surface area contributed by atoms with Crippen molar-refractivity contribution in [2.75, 3.05) is 0 Å². The summed E-state index contributed by atoms with van der Waals surface area (Å²) < 4.78 is 2.90. The maximum atomic E-state index is 11.7. The summed E-state index contributed by atoms with van der Waals surface area (Å²) in [5.41, 5.74) is 7.70. The minimum absolute atomic E-state index is 0. The van der Waals surface area contributed by atoms with E-state index in [0.717, 1.165) is 36.9 Å². The van der Waals surface area contributed by atoms with Gasteiger partial charge in [-0.1, -0.05) is 89.3 Å². The van der Waals surface area contributed by atoms with Gasteiger partial charge >= 0.3 is 0 Å². The van der Waals surface area contributed by atoms with Gasteiger partial charge in [-0.2, -0.15) is 11.3 Å². The van der Waals surface area contributed by atoms with E-state index in [-0.39, 0.29) is 43.5 Å². The van der Waals surface area contributed by atoms with Crippen molar-refractivity contribution >= 4 is 50.6 Å². The minimum atomic E-state index is -1.39. The van der Waals surface area contributed by atoms with Crippen molar-refractivity contribution in [1.82, 2.24) is 4.98 Å². The molecule has 1 N–H and O–H groups in total. The van der Waals surface area contributed by atoms with Crippen molar-refractivity contribution in [3.05, 3.63) is 70.6 Å². The summed E-state index contributed by atoms with van der Waals surface area (Å²) in [4.78, 5) is 16.6. The number of aryl methyl sites for hydroxylation is 3. The standard InChI is InChI=1S/C26H30NSSi.C13H24O2.Ir/c1-15(2)22-14-20(13-19-11-16(3)17(4)12-23(19)22)24-25-21(9-10-27-24)18(5)26(28-25)29(6,7)8;1-5-10(6-2)12(14)9-13(15)11(7-3)8-4;/h9-12,14-15H,1-8H3;9-11,14H,5-8H2,1-4H3;/q-1;;/b;12-9-;. The normalized spacial score (nSPS) is 12.2. The number of aliphatic hydroxyl groups is 1. The fourth-order valence-corrected chi connectivity index (χ4v) is 9.86. The largest absolute Gasteiger partial charge is 0.512 e. The van der Waals surface area contributed by atoms with Crippen LogP contribution in [0.25, 0.3) is 32.1 Å². The van der Waals surface area contributed by atoms with Crippen molar-refractivity contribution in [1.29, 1.82) is 0 Å². The average molecular weight is 821 g/mol. The molecule has 6 heteroatoms. The Labute approximate surface area is 291 Å². The first kappa shape index (κ1) is 39.1. The van der Waals surface area contributed by atoms with Crippen LogP contribution >= 0.6 is 11.3 Å². The van der Waals surface area contributed by atoms with E-state index in [2.05, 4.69) is 84.6 Å². The van der Waals surface area contributed by atoms with E-state index < -0.39 is 8.07 Å². The number of aliphatic hydroxyl groups excluding tert-OH is 1. The van der Waals surface area contributed by atoms with Crippen LogP contribution in [0.5, 0.6) is 0 Å². The van der Waals surface area contributed by atoms with Gasteiger partial charge in [-0.15, -0.1) is 29.1 Å². The third-order valence-electron chi connectivity index (χ3n) is 9.01. The maximum Gasteiger partial charge on any atom is 0.162 e. The molecule has 0 amide bonds. The molecule has 0 aliphatic rings. The van der Waals surface area contributed by atoms with Crippen LogP contribution in [0.15, 0.2) is 42.3 Å². The summed E-state index contributed by atoms with van der Waals surface area (Å²) in [7, 11) is -1.39. The van der Waals surface area contributed by atoms with E-state index in [1.54, 1.807) is 4.50 Å². The first-order valence-electron chi connectivity index (χ1n) is 16.5. The van der Waals surface area contributed by atoms with Gasteiger partial charge in [0, 0.05) is 54.6 Å². The molecule has 0 bridgehead atoms. The third-order valence-corrected chi connectivity index (χ3v) is 14.0. The van der Waals surface area contributed by atoms with E-state index in [9.17, 15) is 9.90 Å². The number of fused-ring (bicyclic) bond motifs is 2. The number of rotatable bonds is 10. The number of carbonyl (C=O) groups is 1. The molecule has 0 spiro atoms. The van der Waals surface area contributed by atoms with Crippen molar-refractivity contribution in [3.63, 3.8) is 0 Å². The Morgan fingerprint density at radius 3 is 2.04 bits per heavy atom. The molecule has 1 radical (unpaired) electrons. The number of benzene rings is 2. The number of nitrogens with zero attached hydrogens (tertiary/aromatic N) is 1. The SMILES string of the molecule is CCC(CC)C(=O)/C=C(\O)C(CC)CC.Cc1cc2[c-]c(-c3nccc4c(C)c([Si](C)(C)C)sc34)cc(C(C)C)c2cc1C.[Ir]. The summed E-state index contributed by atoms with van der Waals surface area (Å²) in [5.74, 6) is 1.00. The molecule has 3 nitrogen and oxygen atoms in total. The monoisotopic (exact) mass is 821 g/mol. The van der Waals surface area contributed by atoms with Gasteiger partial charge in [0.2, 0.25) is 0 Å². The number of carbonyl (C=O) groups excluding carboxylic acids is 1. The predicted octanol–water partition coefficient (Wildman–Crippen LogP) is 11.4. The molecule has 4 rings (SSSR count). The van der Waals surface area contributed by atoms with Crippen LogP contribution in [0.3, 0.4) is 0 Å². The van der Waals surface area contributed by atoms with Crippen LogP contribution in [0.1, 0.15) is 95.4 Å². The molecule has 2 heterocycles. The fraction of sp³-hybridized carbons (Fsp3) is 0.487. The molecule has 0 fully saturated rings. The second kappa shape index (κ2) is 16.6. The van der Waals surface area contributed by atoms with Gasteiger partial charge in [0.15, 0.2) is 5.78 Å². The van der Waals surface area contributed by atoms with Gasteiger partial charge in [0.05, 0.1) is 13.8 Å². The van der Waals surface area contributed by atoms with E-state index in [4.69, 9.17) is 4.98 Å². The van der Waals surface area contributed by atoms with Gasteiger partial charge in [-0.25, -0.2) is 0 Å². The first-order valence-corrected chi connectivity index (χ1v) is 20.8. The predicted molar refractivity (Wildman–Crippen MR) is 197 cm³/mol. The van der Waals surface area contributed by atoms with E-state index in [1.165, 1.54) is 49.2 Å². The summed E-state index contributed by atoms with van der Waals surface area (Å²) in [6.45, 7) is 26.6. The Hall–Kier alpha value is -2.11. The van der Waals surface area contributed by atoms with Crippen LogP contribution in [0.4, 0.5) is 0 Å². The molecule has 2 aromatic heterocycles. The summed E-state index contributed by atoms with van der Waals surface area (Å²) >= 11 is 1.96. The molecule has 0 aliphatic carbocycles. The molecule has 0 atom stereocenters. The van der Waals surface area contributed by atoms with Crippen LogP contribution < -0.4 is 4.50 Å². The molecule has 0 unspecified atom stereocenters. The van der Waals surface area contributed by atoms with Crippen LogP contribution in [0.2, 0.25) is 19.6 Å². The van der Waals surface area contributed by atoms with Gasteiger partial charge in [-0.3, -0.25) is 9.78 Å². The molecule has 4 aromatic rings. The molecule has 0 saturated carbocycles. The smallest absolute Gasteiger partial charge is 0.162 e. The molecule has 0 aliphatic heterocycles. The number of allylic oxidation sites excluding steroid dienone is 2. The van der Waals surface area contributed by atoms with Crippen molar-refractivity contribution in [2.45, 2.75) is 114 Å². The molecule has 247 valence electrons. The zero-order valence-corrected chi connectivity index (χ0v) is 33.8. The molecule has 2 aromatic carbocycles. The molecule has 45 heavy (non-hydrogen) atoms. The van der Waals surface area contributed by atoms with Gasteiger partial charge in [0.1, 0.15) is 0 Å². The van der Waals surface area contributed by atoms with Gasteiger partial charge in [0.25, 0.3) is 0 Å². The number of ketones is 1.